The van der Waals surface area contributed by atoms with Crippen LogP contribution >= 0.6 is 0 Å². The third-order valence-electron chi connectivity index (χ3n) is 2.07. The first-order chi connectivity index (χ1) is 5.18. The van der Waals surface area contributed by atoms with E-state index in [2.05, 4.69) is 20.8 Å². The topological polar surface area (TPSA) is 29.5 Å². The van der Waals surface area contributed by atoms with Gasteiger partial charge in [0, 0.05) is 0 Å². The second kappa shape index (κ2) is 5.56. The molecule has 0 aliphatic carbocycles. The van der Waals surface area contributed by atoms with Crippen molar-refractivity contribution in [2.75, 3.05) is 13.2 Å². The molecule has 0 fully saturated rings. The Kier molecular flexibility index (Phi) is 5.51. The Morgan fingerprint density at radius 3 is 2.36 bits per heavy atom. The Balaban J connectivity index is 3.68. The van der Waals surface area contributed by atoms with Crippen molar-refractivity contribution in [2.24, 2.45) is 0 Å². The van der Waals surface area contributed by atoms with Crippen molar-refractivity contribution in [2.45, 2.75) is 45.6 Å². The molecule has 0 saturated carbocycles. The highest BCUT2D eigenvalue weighted by molar-refractivity contribution is 4.71. The molecule has 0 aliphatic rings. The van der Waals surface area contributed by atoms with Gasteiger partial charge in [-0.15, -0.1) is 0 Å². The molecule has 11 heavy (non-hydrogen) atoms. The number of hydrogen-bond donors (Lipinski definition) is 1. The molecular weight excluding hydrogens is 140 g/mol. The number of rotatable bonds is 6. The van der Waals surface area contributed by atoms with Gasteiger partial charge in [-0.3, -0.25) is 0 Å². The van der Waals surface area contributed by atoms with E-state index in [4.69, 9.17) is 9.84 Å². The highest BCUT2D eigenvalue weighted by atomic mass is 16.5. The normalized spacial score (nSPS) is 16.4. The Morgan fingerprint density at radius 1 is 1.36 bits per heavy atom. The molecule has 0 saturated heterocycles. The van der Waals surface area contributed by atoms with Crippen LogP contribution in [-0.4, -0.2) is 23.9 Å². The van der Waals surface area contributed by atoms with E-state index in [0.717, 1.165) is 19.3 Å². The highest BCUT2D eigenvalue weighted by Crippen LogP contribution is 2.20. The summed E-state index contributed by atoms with van der Waals surface area (Å²) in [6, 6.07) is 0. The second-order valence-electron chi connectivity index (χ2n) is 3.13. The van der Waals surface area contributed by atoms with Gasteiger partial charge in [-0.1, -0.05) is 20.3 Å². The lowest BCUT2D eigenvalue weighted by atomic mass is 9.97. The Labute approximate surface area is 69.6 Å². The van der Waals surface area contributed by atoms with Crippen molar-refractivity contribution in [1.82, 2.24) is 0 Å². The maximum Gasteiger partial charge on any atom is 0.0705 e. The van der Waals surface area contributed by atoms with Crippen molar-refractivity contribution < 1.29 is 9.84 Å². The van der Waals surface area contributed by atoms with E-state index in [0.29, 0.717) is 6.61 Å². The minimum atomic E-state index is -0.0164. The van der Waals surface area contributed by atoms with Gasteiger partial charge in [0.25, 0.3) is 0 Å². The van der Waals surface area contributed by atoms with Crippen LogP contribution in [0.25, 0.3) is 0 Å². The van der Waals surface area contributed by atoms with E-state index >= 15 is 0 Å². The van der Waals surface area contributed by atoms with Crippen molar-refractivity contribution in [3.05, 3.63) is 0 Å². The average molecular weight is 160 g/mol. The maximum atomic E-state index is 8.57. The van der Waals surface area contributed by atoms with Crippen molar-refractivity contribution in [1.29, 1.82) is 0 Å². The van der Waals surface area contributed by atoms with E-state index in [1.165, 1.54) is 0 Å². The fourth-order valence-corrected chi connectivity index (χ4v) is 1.17. The molecule has 0 heterocycles. The van der Waals surface area contributed by atoms with Crippen molar-refractivity contribution in [3.63, 3.8) is 0 Å². The maximum absolute atomic E-state index is 8.57. The summed E-state index contributed by atoms with van der Waals surface area (Å²) in [5, 5.41) is 8.57. The van der Waals surface area contributed by atoms with Crippen LogP contribution in [0.4, 0.5) is 0 Å². The zero-order chi connectivity index (χ0) is 8.74. The Hall–Kier alpha value is -0.0800. The van der Waals surface area contributed by atoms with Crippen LogP contribution < -0.4 is 0 Å². The van der Waals surface area contributed by atoms with E-state index in [1.807, 2.05) is 0 Å². The quantitative estimate of drug-likeness (QED) is 0.643. The molecule has 0 aliphatic heterocycles. The van der Waals surface area contributed by atoms with Gasteiger partial charge in [-0.2, -0.15) is 0 Å². The van der Waals surface area contributed by atoms with E-state index < -0.39 is 0 Å². The first-order valence-electron chi connectivity index (χ1n) is 4.43. The van der Waals surface area contributed by atoms with Crippen LogP contribution in [0.15, 0.2) is 0 Å². The molecular formula is C9H20O2. The lowest BCUT2D eigenvalue weighted by Gasteiger charge is -2.27. The molecule has 1 atom stereocenters. The molecule has 0 aromatic rings. The number of aliphatic hydroxyl groups excluding tert-OH is 1. The molecule has 2 nitrogen and oxygen atoms in total. The molecule has 1 unspecified atom stereocenters. The number of aliphatic hydroxyl groups is 1. The van der Waals surface area contributed by atoms with Crippen LogP contribution in [0.3, 0.4) is 0 Å². The molecule has 0 aromatic carbocycles. The first kappa shape index (κ1) is 10.9. The summed E-state index contributed by atoms with van der Waals surface area (Å²) < 4.78 is 5.52. The minimum absolute atomic E-state index is 0.0164. The van der Waals surface area contributed by atoms with Gasteiger partial charge in [-0.05, 0) is 19.8 Å². The SMILES string of the molecule is CCCC(C)(CC)OCCO. The summed E-state index contributed by atoms with van der Waals surface area (Å²) in [5.74, 6) is 0. The van der Waals surface area contributed by atoms with Crippen LogP contribution in [0.5, 0.6) is 0 Å². The van der Waals surface area contributed by atoms with Gasteiger partial charge in [-0.25, -0.2) is 0 Å². The molecule has 0 bridgehead atoms. The third kappa shape index (κ3) is 4.38. The molecule has 0 amide bonds. The zero-order valence-electron chi connectivity index (χ0n) is 7.89. The summed E-state index contributed by atoms with van der Waals surface area (Å²) in [4.78, 5) is 0. The fraction of sp³-hybridized carbons (Fsp3) is 1.00. The Morgan fingerprint density at radius 2 is 2.00 bits per heavy atom. The largest absolute Gasteiger partial charge is 0.394 e. The van der Waals surface area contributed by atoms with Crippen molar-refractivity contribution >= 4 is 0 Å². The van der Waals surface area contributed by atoms with Gasteiger partial charge < -0.3 is 9.84 Å². The molecule has 68 valence electrons. The standard InChI is InChI=1S/C9H20O2/c1-4-6-9(3,5-2)11-8-7-10/h10H,4-8H2,1-3H3. The summed E-state index contributed by atoms with van der Waals surface area (Å²) in [5.41, 5.74) is -0.0164. The smallest absolute Gasteiger partial charge is 0.0705 e. The third-order valence-corrected chi connectivity index (χ3v) is 2.07. The summed E-state index contributed by atoms with van der Waals surface area (Å²) in [6.07, 6.45) is 3.22. The van der Waals surface area contributed by atoms with Gasteiger partial charge in [0.15, 0.2) is 0 Å². The second-order valence-corrected chi connectivity index (χ2v) is 3.13. The summed E-state index contributed by atoms with van der Waals surface area (Å²) in [6.45, 7) is 6.96. The summed E-state index contributed by atoms with van der Waals surface area (Å²) >= 11 is 0. The number of hydrogen-bond acceptors (Lipinski definition) is 2. The van der Waals surface area contributed by atoms with Crippen LogP contribution in [0, 0.1) is 0 Å². The van der Waals surface area contributed by atoms with Gasteiger partial charge in [0.05, 0.1) is 18.8 Å². The monoisotopic (exact) mass is 160 g/mol. The van der Waals surface area contributed by atoms with Gasteiger partial charge in [0.2, 0.25) is 0 Å². The van der Waals surface area contributed by atoms with Gasteiger partial charge in [0.1, 0.15) is 0 Å². The summed E-state index contributed by atoms with van der Waals surface area (Å²) in [7, 11) is 0. The fourth-order valence-electron chi connectivity index (χ4n) is 1.17. The van der Waals surface area contributed by atoms with E-state index in [1.54, 1.807) is 0 Å². The molecule has 0 radical (unpaired) electrons. The van der Waals surface area contributed by atoms with Gasteiger partial charge >= 0.3 is 0 Å². The van der Waals surface area contributed by atoms with E-state index in [9.17, 15) is 0 Å². The highest BCUT2D eigenvalue weighted by Gasteiger charge is 2.20. The van der Waals surface area contributed by atoms with Crippen LogP contribution in [0.2, 0.25) is 0 Å². The Bertz CT molecular complexity index is 93.6. The lowest BCUT2D eigenvalue weighted by molar-refractivity contribution is -0.0536. The average Bonchev–Trinajstić information content (AvgIpc) is 2.02. The lowest BCUT2D eigenvalue weighted by Crippen LogP contribution is -2.28. The predicted molar refractivity (Wildman–Crippen MR) is 46.6 cm³/mol. The van der Waals surface area contributed by atoms with Crippen LogP contribution in [0.1, 0.15) is 40.0 Å². The van der Waals surface area contributed by atoms with Crippen molar-refractivity contribution in [3.8, 4) is 0 Å². The molecule has 0 rings (SSSR count). The molecule has 1 N–H and O–H groups in total. The zero-order valence-corrected chi connectivity index (χ0v) is 7.89. The minimum Gasteiger partial charge on any atom is -0.394 e. The van der Waals surface area contributed by atoms with Crippen LogP contribution in [-0.2, 0) is 4.74 Å². The first-order valence-corrected chi connectivity index (χ1v) is 4.43. The molecule has 2 heteroatoms. The number of ether oxygens (including phenoxy) is 1. The molecule has 0 spiro atoms. The molecule has 0 aromatic heterocycles. The van der Waals surface area contributed by atoms with E-state index in [-0.39, 0.29) is 12.2 Å². The predicted octanol–water partition coefficient (Wildman–Crippen LogP) is 1.96.